The van der Waals surface area contributed by atoms with Gasteiger partial charge < -0.3 is 14.5 Å². The van der Waals surface area contributed by atoms with Gasteiger partial charge in [0.2, 0.25) is 0 Å². The SMILES string of the molecule is CCc1ccc(OCc2ccc(C(=O)NC(CC)C34CC5CC(CC(C5)C3)C4)o2)cc1. The molecule has 4 saturated carbocycles. The van der Waals surface area contributed by atoms with Gasteiger partial charge in [-0.1, -0.05) is 26.0 Å². The lowest BCUT2D eigenvalue weighted by molar-refractivity contribution is -0.0728. The second kappa shape index (κ2) is 8.37. The van der Waals surface area contributed by atoms with Crippen LogP contribution in [0, 0.1) is 23.2 Å². The Morgan fingerprint density at radius 3 is 2.26 bits per heavy atom. The molecule has 1 unspecified atom stereocenters. The van der Waals surface area contributed by atoms with E-state index in [-0.39, 0.29) is 11.9 Å². The molecule has 1 atom stereocenters. The van der Waals surface area contributed by atoms with Crippen LogP contribution in [-0.2, 0) is 13.0 Å². The van der Waals surface area contributed by atoms with Crippen LogP contribution in [0.4, 0.5) is 0 Å². The second-order valence-corrected chi connectivity index (χ2v) is 10.3. The number of furan rings is 1. The van der Waals surface area contributed by atoms with Gasteiger partial charge in [0, 0.05) is 6.04 Å². The van der Waals surface area contributed by atoms with Gasteiger partial charge in [-0.25, -0.2) is 0 Å². The van der Waals surface area contributed by atoms with Crippen molar-refractivity contribution in [3.05, 3.63) is 53.5 Å². The van der Waals surface area contributed by atoms with E-state index in [1.165, 1.54) is 44.1 Å². The summed E-state index contributed by atoms with van der Waals surface area (Å²) < 4.78 is 11.7. The van der Waals surface area contributed by atoms with Crippen LogP contribution in [0.3, 0.4) is 0 Å². The molecule has 1 aromatic carbocycles. The number of hydrogen-bond donors (Lipinski definition) is 1. The van der Waals surface area contributed by atoms with E-state index >= 15 is 0 Å². The number of carbonyl (C=O) groups is 1. The van der Waals surface area contributed by atoms with E-state index in [4.69, 9.17) is 9.15 Å². The number of benzene rings is 1. The Morgan fingerprint density at radius 2 is 1.68 bits per heavy atom. The number of hydrogen-bond acceptors (Lipinski definition) is 3. The van der Waals surface area contributed by atoms with Gasteiger partial charge in [-0.15, -0.1) is 0 Å². The summed E-state index contributed by atoms with van der Waals surface area (Å²) in [6.45, 7) is 4.68. The molecule has 4 nitrogen and oxygen atoms in total. The first kappa shape index (κ1) is 20.7. The van der Waals surface area contributed by atoms with E-state index in [0.29, 0.717) is 23.5 Å². The van der Waals surface area contributed by atoms with Crippen molar-refractivity contribution in [2.45, 2.75) is 77.9 Å². The predicted molar refractivity (Wildman–Crippen MR) is 121 cm³/mol. The van der Waals surface area contributed by atoms with Crippen molar-refractivity contribution in [2.75, 3.05) is 0 Å². The average Bonchev–Trinajstić information content (AvgIpc) is 3.24. The van der Waals surface area contributed by atoms with Gasteiger partial charge in [0.05, 0.1) is 0 Å². The Bertz CT molecular complexity index is 878. The number of carbonyl (C=O) groups excluding carboxylic acids is 1. The van der Waals surface area contributed by atoms with Gasteiger partial charge >= 0.3 is 0 Å². The highest BCUT2D eigenvalue weighted by atomic mass is 16.5. The molecular weight excluding hydrogens is 386 g/mol. The zero-order valence-electron chi connectivity index (χ0n) is 18.9. The molecule has 4 aliphatic rings. The number of amides is 1. The molecular formula is C27H35NO3. The minimum absolute atomic E-state index is 0.0823. The highest BCUT2D eigenvalue weighted by molar-refractivity contribution is 5.91. The van der Waals surface area contributed by atoms with Crippen molar-refractivity contribution in [3.8, 4) is 5.75 Å². The van der Waals surface area contributed by atoms with Gasteiger partial charge in [-0.2, -0.15) is 0 Å². The lowest BCUT2D eigenvalue weighted by atomic mass is 9.47. The lowest BCUT2D eigenvalue weighted by Gasteiger charge is -2.59. The van der Waals surface area contributed by atoms with Gasteiger partial charge in [0.25, 0.3) is 5.91 Å². The van der Waals surface area contributed by atoms with Gasteiger partial charge in [0.15, 0.2) is 5.76 Å². The summed E-state index contributed by atoms with van der Waals surface area (Å²) in [6.07, 6.45) is 10.2. The summed E-state index contributed by atoms with van der Waals surface area (Å²) in [5.41, 5.74) is 1.59. The van der Waals surface area contributed by atoms with E-state index in [1.54, 1.807) is 6.07 Å². The second-order valence-electron chi connectivity index (χ2n) is 10.3. The first-order valence-electron chi connectivity index (χ1n) is 12.2. The smallest absolute Gasteiger partial charge is 0.287 e. The third-order valence-corrected chi connectivity index (χ3v) is 8.14. The molecule has 4 bridgehead atoms. The maximum absolute atomic E-state index is 13.0. The fourth-order valence-corrected chi connectivity index (χ4v) is 7.08. The maximum atomic E-state index is 13.0. The van der Waals surface area contributed by atoms with Crippen molar-refractivity contribution in [3.63, 3.8) is 0 Å². The quantitative estimate of drug-likeness (QED) is 0.556. The summed E-state index contributed by atoms with van der Waals surface area (Å²) in [4.78, 5) is 13.0. The van der Waals surface area contributed by atoms with Gasteiger partial charge in [-0.3, -0.25) is 4.79 Å². The molecule has 1 amide bonds. The number of rotatable bonds is 8. The van der Waals surface area contributed by atoms with Crippen LogP contribution >= 0.6 is 0 Å². The Morgan fingerprint density at radius 1 is 1.03 bits per heavy atom. The van der Waals surface area contributed by atoms with Crippen LogP contribution in [0.25, 0.3) is 0 Å². The highest BCUT2D eigenvalue weighted by Gasteiger charge is 2.54. The van der Waals surface area contributed by atoms with Crippen LogP contribution in [0.1, 0.15) is 80.7 Å². The van der Waals surface area contributed by atoms with E-state index in [0.717, 1.165) is 36.3 Å². The number of aryl methyl sites for hydroxylation is 1. The fraction of sp³-hybridized carbons (Fsp3) is 0.593. The summed E-state index contributed by atoms with van der Waals surface area (Å²) in [6, 6.07) is 12.0. The predicted octanol–water partition coefficient (Wildman–Crippen LogP) is 6.15. The zero-order chi connectivity index (χ0) is 21.4. The van der Waals surface area contributed by atoms with Crippen LogP contribution in [0.5, 0.6) is 5.75 Å². The average molecular weight is 422 g/mol. The molecule has 4 aliphatic carbocycles. The third kappa shape index (κ3) is 4.14. The van der Waals surface area contributed by atoms with E-state index in [1.807, 2.05) is 18.2 Å². The molecule has 4 heteroatoms. The van der Waals surface area contributed by atoms with Crippen molar-refractivity contribution in [2.24, 2.45) is 23.2 Å². The van der Waals surface area contributed by atoms with E-state index in [2.05, 4.69) is 31.3 Å². The molecule has 0 aliphatic heterocycles. The standard InChI is InChI=1S/C27H35NO3/c1-3-18-5-7-22(8-6-18)30-17-23-9-10-24(31-23)26(29)28-25(4-2)27-14-19-11-20(15-27)13-21(12-19)16-27/h5-10,19-21,25H,3-4,11-17H2,1-2H3,(H,28,29). The molecule has 166 valence electrons. The van der Waals surface area contributed by atoms with Crippen LogP contribution in [-0.4, -0.2) is 11.9 Å². The molecule has 4 fully saturated rings. The van der Waals surface area contributed by atoms with Crippen molar-refractivity contribution >= 4 is 5.91 Å². The zero-order valence-corrected chi connectivity index (χ0v) is 18.9. The van der Waals surface area contributed by atoms with Crippen LogP contribution in [0.2, 0.25) is 0 Å². The molecule has 1 N–H and O–H groups in total. The Hall–Kier alpha value is -2.23. The molecule has 31 heavy (non-hydrogen) atoms. The number of nitrogens with one attached hydrogen (secondary N) is 1. The largest absolute Gasteiger partial charge is 0.486 e. The first-order valence-corrected chi connectivity index (χ1v) is 12.2. The summed E-state index contributed by atoms with van der Waals surface area (Å²) in [5.74, 6) is 4.45. The van der Waals surface area contributed by atoms with Crippen molar-refractivity contribution in [1.29, 1.82) is 0 Å². The summed E-state index contributed by atoms with van der Waals surface area (Å²) >= 11 is 0. The van der Waals surface area contributed by atoms with Gasteiger partial charge in [0.1, 0.15) is 18.1 Å². The summed E-state index contributed by atoms with van der Waals surface area (Å²) in [5, 5.41) is 3.37. The third-order valence-electron chi connectivity index (χ3n) is 8.14. The number of ether oxygens (including phenoxy) is 1. The highest BCUT2D eigenvalue weighted by Crippen LogP contribution is 2.61. The normalized spacial score (nSPS) is 29.7. The molecule has 1 heterocycles. The van der Waals surface area contributed by atoms with Crippen molar-refractivity contribution in [1.82, 2.24) is 5.32 Å². The minimum Gasteiger partial charge on any atom is -0.486 e. The van der Waals surface area contributed by atoms with Crippen LogP contribution in [0.15, 0.2) is 40.8 Å². The van der Waals surface area contributed by atoms with Gasteiger partial charge in [-0.05, 0) is 104 Å². The Labute approximate surface area is 185 Å². The lowest BCUT2D eigenvalue weighted by Crippen LogP contribution is -2.56. The minimum atomic E-state index is -0.0823. The molecule has 2 aromatic rings. The van der Waals surface area contributed by atoms with Crippen LogP contribution < -0.4 is 10.1 Å². The fourth-order valence-electron chi connectivity index (χ4n) is 7.08. The van der Waals surface area contributed by atoms with E-state index < -0.39 is 0 Å². The molecule has 1 aromatic heterocycles. The maximum Gasteiger partial charge on any atom is 0.287 e. The molecule has 6 rings (SSSR count). The Balaban J connectivity index is 1.21. The molecule has 0 spiro atoms. The monoisotopic (exact) mass is 421 g/mol. The topological polar surface area (TPSA) is 51.5 Å². The van der Waals surface area contributed by atoms with E-state index in [9.17, 15) is 4.79 Å². The molecule has 0 radical (unpaired) electrons. The van der Waals surface area contributed by atoms with Crippen molar-refractivity contribution < 1.29 is 13.9 Å². The Kier molecular flexibility index (Phi) is 5.58. The summed E-state index contributed by atoms with van der Waals surface area (Å²) in [7, 11) is 0. The molecule has 0 saturated heterocycles. The first-order chi connectivity index (χ1) is 15.1.